The molecule has 0 heterocycles. The van der Waals surface area contributed by atoms with Gasteiger partial charge in [0, 0.05) is 6.61 Å². The first kappa shape index (κ1) is 15.5. The van der Waals surface area contributed by atoms with E-state index in [4.69, 9.17) is 9.47 Å². The number of carbonyl (C=O) groups excluding carboxylic acids is 1. The van der Waals surface area contributed by atoms with Crippen LogP contribution in [0.5, 0.6) is 5.75 Å². The van der Waals surface area contributed by atoms with Crippen molar-refractivity contribution in [2.75, 3.05) is 20.3 Å². The predicted molar refractivity (Wildman–Crippen MR) is 69.5 cm³/mol. The minimum Gasteiger partial charge on any atom is -0.497 e. The van der Waals surface area contributed by atoms with Crippen LogP contribution in [0.2, 0.25) is 0 Å². The molecule has 0 aliphatic heterocycles. The van der Waals surface area contributed by atoms with Crippen molar-refractivity contribution in [2.45, 2.75) is 19.8 Å². The largest absolute Gasteiger partial charge is 0.497 e. The molecular formula is C14H19O5. The Balaban J connectivity index is 2.20. The van der Waals surface area contributed by atoms with Crippen LogP contribution in [0.25, 0.3) is 0 Å². The summed E-state index contributed by atoms with van der Waals surface area (Å²) in [7, 11) is 1.53. The van der Waals surface area contributed by atoms with Crippen LogP contribution in [0.15, 0.2) is 24.3 Å². The van der Waals surface area contributed by atoms with Crippen LogP contribution in [-0.2, 0) is 14.5 Å². The molecule has 0 aliphatic rings. The molecule has 0 unspecified atom stereocenters. The van der Waals surface area contributed by atoms with Crippen molar-refractivity contribution in [1.29, 1.82) is 0 Å². The van der Waals surface area contributed by atoms with Gasteiger partial charge in [-0.25, -0.2) is 4.79 Å². The Morgan fingerprint density at radius 3 is 2.95 bits per heavy atom. The molecule has 1 aromatic rings. The van der Waals surface area contributed by atoms with Crippen molar-refractivity contribution in [3.8, 4) is 5.75 Å². The second-order valence-electron chi connectivity index (χ2n) is 3.79. The van der Waals surface area contributed by atoms with Gasteiger partial charge in [-0.1, -0.05) is 19.4 Å². The normalized spacial score (nSPS) is 10.2. The molecule has 0 N–H and O–H groups in total. The van der Waals surface area contributed by atoms with E-state index in [0.717, 1.165) is 12.8 Å². The van der Waals surface area contributed by atoms with Crippen LogP contribution in [0.3, 0.4) is 0 Å². The molecule has 0 spiro atoms. The van der Waals surface area contributed by atoms with Gasteiger partial charge in [-0.05, 0) is 24.6 Å². The van der Waals surface area contributed by atoms with Crippen LogP contribution in [-0.4, -0.2) is 26.3 Å². The van der Waals surface area contributed by atoms with Crippen molar-refractivity contribution in [3.63, 3.8) is 0 Å². The van der Waals surface area contributed by atoms with E-state index in [1.807, 2.05) is 0 Å². The molecule has 0 amide bonds. The zero-order valence-corrected chi connectivity index (χ0v) is 11.3. The topological polar surface area (TPSA) is 54.0 Å². The minimum absolute atomic E-state index is 0.283. The number of ether oxygens (including phenoxy) is 2. The average molecular weight is 267 g/mol. The van der Waals surface area contributed by atoms with E-state index in [1.165, 1.54) is 13.7 Å². The molecule has 1 radical (unpaired) electrons. The lowest BCUT2D eigenvalue weighted by Gasteiger charge is -2.05. The monoisotopic (exact) mass is 267 g/mol. The van der Waals surface area contributed by atoms with E-state index in [-0.39, 0.29) is 6.61 Å². The predicted octanol–water partition coefficient (Wildman–Crippen LogP) is 2.76. The van der Waals surface area contributed by atoms with Crippen molar-refractivity contribution in [2.24, 2.45) is 0 Å². The number of unbranched alkanes of at least 4 members (excludes halogenated alkanes) is 1. The molecule has 5 nitrogen and oxygen atoms in total. The lowest BCUT2D eigenvalue weighted by Crippen LogP contribution is -2.07. The van der Waals surface area contributed by atoms with E-state index in [0.29, 0.717) is 17.9 Å². The molecule has 0 atom stereocenters. The number of carbonyl (C=O) groups is 1. The molecule has 5 heteroatoms. The Morgan fingerprint density at radius 2 is 2.21 bits per heavy atom. The third-order valence-electron chi connectivity index (χ3n) is 2.33. The summed E-state index contributed by atoms with van der Waals surface area (Å²) in [4.78, 5) is 20.9. The molecule has 19 heavy (non-hydrogen) atoms. The molecule has 0 aromatic heterocycles. The Labute approximate surface area is 113 Å². The van der Waals surface area contributed by atoms with E-state index in [1.54, 1.807) is 24.3 Å². The first-order chi connectivity index (χ1) is 9.27. The van der Waals surface area contributed by atoms with Gasteiger partial charge in [0.25, 0.3) is 0 Å². The quantitative estimate of drug-likeness (QED) is 0.391. The highest BCUT2D eigenvalue weighted by atomic mass is 17.2. The maximum Gasteiger partial charge on any atom is 0.373 e. The fourth-order valence-corrected chi connectivity index (χ4v) is 1.28. The summed E-state index contributed by atoms with van der Waals surface area (Å²) in [5.41, 5.74) is 0.361. The van der Waals surface area contributed by atoms with Gasteiger partial charge in [0.1, 0.15) is 5.75 Å². The Bertz CT molecular complexity index is 378. The van der Waals surface area contributed by atoms with E-state index in [2.05, 4.69) is 16.7 Å². The summed E-state index contributed by atoms with van der Waals surface area (Å²) in [6, 6.07) is 6.63. The zero-order valence-electron chi connectivity index (χ0n) is 11.3. The maximum atomic E-state index is 11.6. The van der Waals surface area contributed by atoms with Crippen LogP contribution in [0, 0.1) is 6.61 Å². The van der Waals surface area contributed by atoms with Crippen LogP contribution >= 0.6 is 0 Å². The van der Waals surface area contributed by atoms with Gasteiger partial charge in [-0.3, -0.25) is 4.89 Å². The number of hydrogen-bond acceptors (Lipinski definition) is 5. The van der Waals surface area contributed by atoms with Crippen molar-refractivity contribution in [1.82, 2.24) is 0 Å². The van der Waals surface area contributed by atoms with Crippen molar-refractivity contribution >= 4 is 5.97 Å². The van der Waals surface area contributed by atoms with Crippen LogP contribution in [0.1, 0.15) is 30.1 Å². The fourth-order valence-electron chi connectivity index (χ4n) is 1.28. The summed E-state index contributed by atoms with van der Waals surface area (Å²) in [6.07, 6.45) is 2.07. The van der Waals surface area contributed by atoms with Gasteiger partial charge in [0.15, 0.2) is 6.61 Å². The molecular weight excluding hydrogens is 248 g/mol. The van der Waals surface area contributed by atoms with E-state index < -0.39 is 5.97 Å². The highest BCUT2D eigenvalue weighted by molar-refractivity contribution is 5.89. The van der Waals surface area contributed by atoms with Gasteiger partial charge in [0.2, 0.25) is 0 Å². The summed E-state index contributed by atoms with van der Waals surface area (Å²) < 4.78 is 10.2. The third-order valence-corrected chi connectivity index (χ3v) is 2.33. The molecule has 0 saturated heterocycles. The van der Waals surface area contributed by atoms with E-state index in [9.17, 15) is 4.79 Å². The van der Waals surface area contributed by atoms with E-state index >= 15 is 0 Å². The zero-order chi connectivity index (χ0) is 13.9. The van der Waals surface area contributed by atoms with Gasteiger partial charge in [-0.15, -0.1) is 0 Å². The third kappa shape index (κ3) is 6.22. The summed E-state index contributed by atoms with van der Waals surface area (Å²) in [5, 5.41) is 0. The maximum absolute atomic E-state index is 11.6. The second-order valence-corrected chi connectivity index (χ2v) is 3.79. The smallest absolute Gasteiger partial charge is 0.373 e. The number of rotatable bonds is 9. The fraction of sp³-hybridized carbons (Fsp3) is 0.429. The van der Waals surface area contributed by atoms with Gasteiger partial charge in [0.05, 0.1) is 19.3 Å². The SMILES string of the molecule is CCCCOC[CH]OOC(=O)c1cccc(OC)c1. The average Bonchev–Trinajstić information content (AvgIpc) is 2.46. The Morgan fingerprint density at radius 1 is 1.37 bits per heavy atom. The van der Waals surface area contributed by atoms with Gasteiger partial charge >= 0.3 is 5.97 Å². The summed E-state index contributed by atoms with van der Waals surface area (Å²) in [6.45, 7) is 4.33. The summed E-state index contributed by atoms with van der Waals surface area (Å²) in [5.74, 6) is 0.00466. The molecule has 0 fully saturated rings. The standard InChI is InChI=1S/C14H19O5/c1-3-4-8-17-9-10-18-19-14(15)12-6-5-7-13(11-12)16-2/h5-7,10-11H,3-4,8-9H2,1-2H3. The minimum atomic E-state index is -0.580. The highest BCUT2D eigenvalue weighted by Gasteiger charge is 2.09. The Hall–Kier alpha value is -1.59. The first-order valence-corrected chi connectivity index (χ1v) is 6.19. The highest BCUT2D eigenvalue weighted by Crippen LogP contribution is 2.13. The first-order valence-electron chi connectivity index (χ1n) is 6.19. The molecule has 0 saturated carbocycles. The molecule has 0 aliphatic carbocycles. The van der Waals surface area contributed by atoms with Gasteiger partial charge < -0.3 is 9.47 Å². The lowest BCUT2D eigenvalue weighted by atomic mass is 10.2. The second kappa shape index (κ2) is 9.35. The van der Waals surface area contributed by atoms with Crippen LogP contribution < -0.4 is 4.74 Å². The number of hydrogen-bond donors (Lipinski definition) is 0. The summed E-state index contributed by atoms with van der Waals surface area (Å²) >= 11 is 0. The molecule has 1 rings (SSSR count). The van der Waals surface area contributed by atoms with Crippen LogP contribution in [0.4, 0.5) is 0 Å². The Kier molecular flexibility index (Phi) is 7.62. The number of methoxy groups -OCH3 is 1. The molecule has 1 aromatic carbocycles. The molecule has 105 valence electrons. The van der Waals surface area contributed by atoms with Gasteiger partial charge in [-0.2, -0.15) is 4.89 Å². The van der Waals surface area contributed by atoms with Crippen molar-refractivity contribution in [3.05, 3.63) is 36.4 Å². The lowest BCUT2D eigenvalue weighted by molar-refractivity contribution is -0.218. The molecule has 0 bridgehead atoms. The van der Waals surface area contributed by atoms with Crippen molar-refractivity contribution < 1.29 is 24.0 Å². The number of benzene rings is 1.